The number of rotatable bonds is 3. The molecule has 15 heavy (non-hydrogen) atoms. The van der Waals surface area contributed by atoms with Gasteiger partial charge in [-0.1, -0.05) is 6.07 Å². The molecular formula is C8H10N2O4S. The summed E-state index contributed by atoms with van der Waals surface area (Å²) in [4.78, 5) is 14.8. The molecule has 0 aliphatic heterocycles. The fraction of sp³-hybridized carbons (Fsp3) is 0.250. The first-order chi connectivity index (χ1) is 6.92. The van der Waals surface area contributed by atoms with Crippen molar-refractivity contribution in [2.24, 2.45) is 0 Å². The molecule has 7 heteroatoms. The molecule has 1 rings (SSSR count). The van der Waals surface area contributed by atoms with Gasteiger partial charge in [0.15, 0.2) is 5.69 Å². The second-order valence-electron chi connectivity index (χ2n) is 2.77. The van der Waals surface area contributed by atoms with Gasteiger partial charge in [-0.15, -0.1) is 0 Å². The van der Waals surface area contributed by atoms with Crippen molar-refractivity contribution in [1.82, 2.24) is 4.98 Å². The van der Waals surface area contributed by atoms with Crippen molar-refractivity contribution in [2.45, 2.75) is 0 Å². The summed E-state index contributed by atoms with van der Waals surface area (Å²) in [5.41, 5.74) is 0.0474. The molecule has 0 unspecified atom stereocenters. The lowest BCUT2D eigenvalue weighted by atomic mass is 10.3. The van der Waals surface area contributed by atoms with Crippen LogP contribution in [0.2, 0.25) is 0 Å². The van der Waals surface area contributed by atoms with Crippen molar-refractivity contribution in [1.29, 1.82) is 0 Å². The van der Waals surface area contributed by atoms with Gasteiger partial charge in [0.2, 0.25) is 10.0 Å². The molecule has 82 valence electrons. The van der Waals surface area contributed by atoms with Crippen LogP contribution in [-0.4, -0.2) is 32.7 Å². The highest BCUT2D eigenvalue weighted by molar-refractivity contribution is 7.92. The molecule has 0 bridgehead atoms. The fourth-order valence-electron chi connectivity index (χ4n) is 0.900. The molecule has 0 aliphatic carbocycles. The highest BCUT2D eigenvalue weighted by Gasteiger charge is 2.09. The van der Waals surface area contributed by atoms with Crippen molar-refractivity contribution in [3.63, 3.8) is 0 Å². The summed E-state index contributed by atoms with van der Waals surface area (Å²) in [7, 11) is -2.17. The number of hydrogen-bond acceptors (Lipinski definition) is 5. The second kappa shape index (κ2) is 4.26. The predicted molar refractivity (Wildman–Crippen MR) is 54.0 cm³/mol. The summed E-state index contributed by atoms with van der Waals surface area (Å²) in [5, 5.41) is 0. The average molecular weight is 230 g/mol. The van der Waals surface area contributed by atoms with Crippen LogP contribution in [0.15, 0.2) is 18.2 Å². The van der Waals surface area contributed by atoms with Gasteiger partial charge >= 0.3 is 5.97 Å². The highest BCUT2D eigenvalue weighted by atomic mass is 32.2. The monoisotopic (exact) mass is 230 g/mol. The Hall–Kier alpha value is -1.63. The third-order valence-corrected chi connectivity index (χ3v) is 2.01. The topological polar surface area (TPSA) is 85.4 Å². The van der Waals surface area contributed by atoms with Crippen LogP contribution >= 0.6 is 0 Å². The average Bonchev–Trinajstić information content (AvgIpc) is 2.14. The summed E-state index contributed by atoms with van der Waals surface area (Å²) in [6.45, 7) is 0. The maximum absolute atomic E-state index is 11.1. The summed E-state index contributed by atoms with van der Waals surface area (Å²) in [5.74, 6) is -0.535. The Labute approximate surface area is 87.3 Å². The Morgan fingerprint density at radius 1 is 1.47 bits per heavy atom. The standard InChI is InChI=1S/C8H10N2O4S/c1-14-8(11)6-4-3-5-7(9-6)10-15(2,12)13/h3-5H,1-2H3,(H,9,10). The number of aromatic nitrogens is 1. The molecular weight excluding hydrogens is 220 g/mol. The van der Waals surface area contributed by atoms with Gasteiger partial charge in [-0.3, -0.25) is 4.72 Å². The van der Waals surface area contributed by atoms with E-state index in [9.17, 15) is 13.2 Å². The number of ether oxygens (including phenoxy) is 1. The molecule has 1 heterocycles. The van der Waals surface area contributed by atoms with Crippen molar-refractivity contribution >= 4 is 21.8 Å². The first-order valence-corrected chi connectivity index (χ1v) is 5.84. The van der Waals surface area contributed by atoms with Crippen LogP contribution in [-0.2, 0) is 14.8 Å². The molecule has 1 aromatic heterocycles. The van der Waals surface area contributed by atoms with Gasteiger partial charge < -0.3 is 4.74 Å². The number of nitrogens with zero attached hydrogens (tertiary/aromatic N) is 1. The molecule has 0 spiro atoms. The predicted octanol–water partition coefficient (Wildman–Crippen LogP) is 0.240. The van der Waals surface area contributed by atoms with E-state index < -0.39 is 16.0 Å². The van der Waals surface area contributed by atoms with E-state index in [1.807, 2.05) is 0 Å². The SMILES string of the molecule is COC(=O)c1cccc(NS(C)(=O)=O)n1. The second-order valence-corrected chi connectivity index (χ2v) is 4.52. The fourth-order valence-corrected chi connectivity index (χ4v) is 1.39. The van der Waals surface area contributed by atoms with Gasteiger partial charge in [-0.05, 0) is 12.1 Å². The van der Waals surface area contributed by atoms with Crippen LogP contribution in [0.5, 0.6) is 0 Å². The van der Waals surface area contributed by atoms with Crippen LogP contribution in [0.4, 0.5) is 5.82 Å². The van der Waals surface area contributed by atoms with Crippen molar-refractivity contribution < 1.29 is 17.9 Å². The van der Waals surface area contributed by atoms with E-state index in [1.165, 1.54) is 25.3 Å². The van der Waals surface area contributed by atoms with Gasteiger partial charge in [-0.2, -0.15) is 0 Å². The number of carbonyl (C=O) groups excluding carboxylic acids is 1. The van der Waals surface area contributed by atoms with E-state index in [2.05, 4.69) is 14.4 Å². The molecule has 0 amide bonds. The lowest BCUT2D eigenvalue weighted by Crippen LogP contribution is -2.12. The Kier molecular flexibility index (Phi) is 3.25. The first-order valence-electron chi connectivity index (χ1n) is 3.95. The number of pyridine rings is 1. The lowest BCUT2D eigenvalue weighted by Gasteiger charge is -2.03. The summed E-state index contributed by atoms with van der Waals surface area (Å²) >= 11 is 0. The number of anilines is 1. The van der Waals surface area contributed by atoms with Gasteiger partial charge in [-0.25, -0.2) is 18.2 Å². The molecule has 0 aromatic carbocycles. The minimum atomic E-state index is -3.39. The van der Waals surface area contributed by atoms with Gasteiger partial charge in [0.05, 0.1) is 13.4 Å². The molecule has 0 saturated carbocycles. The number of hydrogen-bond donors (Lipinski definition) is 1. The van der Waals surface area contributed by atoms with E-state index in [4.69, 9.17) is 0 Å². The van der Waals surface area contributed by atoms with E-state index in [-0.39, 0.29) is 11.5 Å². The van der Waals surface area contributed by atoms with Crippen molar-refractivity contribution in [3.8, 4) is 0 Å². The maximum Gasteiger partial charge on any atom is 0.356 e. The first kappa shape index (κ1) is 11.4. The van der Waals surface area contributed by atoms with E-state index in [0.717, 1.165) is 6.26 Å². The van der Waals surface area contributed by atoms with Crippen molar-refractivity contribution in [3.05, 3.63) is 23.9 Å². The Balaban J connectivity index is 2.98. The zero-order chi connectivity index (χ0) is 11.5. The summed E-state index contributed by atoms with van der Waals surface area (Å²) in [6, 6.07) is 4.37. The molecule has 0 fully saturated rings. The minimum Gasteiger partial charge on any atom is -0.464 e. The molecule has 0 atom stereocenters. The Morgan fingerprint density at radius 3 is 2.67 bits per heavy atom. The quantitative estimate of drug-likeness (QED) is 0.752. The molecule has 0 radical (unpaired) electrons. The smallest absolute Gasteiger partial charge is 0.356 e. The van der Waals surface area contributed by atoms with Crippen LogP contribution in [0.3, 0.4) is 0 Å². The van der Waals surface area contributed by atoms with Crippen LogP contribution in [0, 0.1) is 0 Å². The van der Waals surface area contributed by atoms with E-state index >= 15 is 0 Å². The van der Waals surface area contributed by atoms with Gasteiger partial charge in [0.1, 0.15) is 5.82 Å². The summed E-state index contributed by atoms with van der Waals surface area (Å²) < 4.78 is 28.4. The van der Waals surface area contributed by atoms with Crippen LogP contribution < -0.4 is 4.72 Å². The van der Waals surface area contributed by atoms with E-state index in [0.29, 0.717) is 0 Å². The van der Waals surface area contributed by atoms with E-state index in [1.54, 1.807) is 0 Å². The third-order valence-electron chi connectivity index (χ3n) is 1.43. The Morgan fingerprint density at radius 2 is 2.13 bits per heavy atom. The Bertz CT molecular complexity index is 469. The number of esters is 1. The summed E-state index contributed by atoms with van der Waals surface area (Å²) in [6.07, 6.45) is 0.999. The number of carbonyl (C=O) groups is 1. The highest BCUT2D eigenvalue weighted by Crippen LogP contribution is 2.07. The largest absolute Gasteiger partial charge is 0.464 e. The number of sulfonamides is 1. The van der Waals surface area contributed by atoms with Gasteiger partial charge in [0, 0.05) is 0 Å². The molecule has 0 aliphatic rings. The molecule has 1 aromatic rings. The zero-order valence-electron chi connectivity index (χ0n) is 8.22. The van der Waals surface area contributed by atoms with Gasteiger partial charge in [0.25, 0.3) is 0 Å². The van der Waals surface area contributed by atoms with Crippen LogP contribution in [0.25, 0.3) is 0 Å². The third kappa shape index (κ3) is 3.55. The lowest BCUT2D eigenvalue weighted by molar-refractivity contribution is 0.0594. The van der Waals surface area contributed by atoms with Crippen molar-refractivity contribution in [2.75, 3.05) is 18.1 Å². The normalized spacial score (nSPS) is 10.8. The minimum absolute atomic E-state index is 0.0474. The maximum atomic E-state index is 11.1. The molecule has 6 nitrogen and oxygen atoms in total. The number of methoxy groups -OCH3 is 1. The molecule has 0 saturated heterocycles. The zero-order valence-corrected chi connectivity index (χ0v) is 9.04. The van der Waals surface area contributed by atoms with Crippen LogP contribution in [0.1, 0.15) is 10.5 Å². The molecule has 1 N–H and O–H groups in total. The number of nitrogens with one attached hydrogen (secondary N) is 1.